The summed E-state index contributed by atoms with van der Waals surface area (Å²) < 4.78 is 16.9. The first-order valence-electron chi connectivity index (χ1n) is 34.2. The molecule has 0 heterocycles. The highest BCUT2D eigenvalue weighted by atomic mass is 16.6. The second-order valence-electron chi connectivity index (χ2n) is 23.5. The lowest BCUT2D eigenvalue weighted by molar-refractivity contribution is -0.167. The minimum atomic E-state index is -0.767. The third kappa shape index (κ3) is 62.9. The Hall–Kier alpha value is -1.85. The summed E-state index contributed by atoms with van der Waals surface area (Å²) in [5, 5.41) is 0. The molecule has 0 radical (unpaired) electrons. The van der Waals surface area contributed by atoms with Crippen molar-refractivity contribution in [3.8, 4) is 0 Å². The van der Waals surface area contributed by atoms with E-state index < -0.39 is 6.10 Å². The molecule has 444 valence electrons. The number of unbranched alkanes of at least 4 members (excludes halogenated alkanes) is 51. The molecule has 6 nitrogen and oxygen atoms in total. The summed E-state index contributed by atoms with van der Waals surface area (Å²) in [7, 11) is 0. The summed E-state index contributed by atoms with van der Waals surface area (Å²) in [6, 6.07) is 0. The van der Waals surface area contributed by atoms with Gasteiger partial charge in [0.2, 0.25) is 0 Å². The topological polar surface area (TPSA) is 78.9 Å². The first-order valence-corrected chi connectivity index (χ1v) is 34.2. The van der Waals surface area contributed by atoms with Crippen molar-refractivity contribution in [2.75, 3.05) is 13.2 Å². The van der Waals surface area contributed by atoms with Crippen molar-refractivity contribution >= 4 is 17.9 Å². The molecule has 1 atom stereocenters. The summed E-state index contributed by atoms with van der Waals surface area (Å²) in [6.07, 6.45) is 76.8. The smallest absolute Gasteiger partial charge is 0.306 e. The molecule has 75 heavy (non-hydrogen) atoms. The van der Waals surface area contributed by atoms with Crippen molar-refractivity contribution in [2.45, 2.75) is 399 Å². The fourth-order valence-corrected chi connectivity index (χ4v) is 10.6. The minimum Gasteiger partial charge on any atom is -0.462 e. The number of carbonyl (C=O) groups excluding carboxylic acids is 3. The number of esters is 3. The Morgan fingerprint density at radius 3 is 0.667 bits per heavy atom. The van der Waals surface area contributed by atoms with Gasteiger partial charge in [-0.1, -0.05) is 341 Å². The number of allylic oxidation sites excluding steroid dienone is 2. The van der Waals surface area contributed by atoms with E-state index in [1.54, 1.807) is 0 Å². The SMILES string of the molecule is CCCCCCCC/C=C\CCCCCCCCCC(=O)OC(COC(=O)CCCCCCCCCCCC)COC(=O)CCCCCCCCCCCCCCCCCCCCCCCCCCCCCCCC. The molecule has 0 aliphatic carbocycles. The maximum absolute atomic E-state index is 12.9. The Kier molecular flexibility index (Phi) is 63.1. The zero-order valence-electron chi connectivity index (χ0n) is 51.1. The Balaban J connectivity index is 4.06. The monoisotopic (exact) mass is 1060 g/mol. The lowest BCUT2D eigenvalue weighted by Crippen LogP contribution is -2.30. The molecule has 0 amide bonds. The Labute approximate surface area is 469 Å². The average Bonchev–Trinajstić information content (AvgIpc) is 3.41. The van der Waals surface area contributed by atoms with Crippen LogP contribution in [0.3, 0.4) is 0 Å². The van der Waals surface area contributed by atoms with Crippen LogP contribution in [0.5, 0.6) is 0 Å². The quantitative estimate of drug-likeness (QED) is 0.0261. The number of carbonyl (C=O) groups is 3. The highest BCUT2D eigenvalue weighted by Crippen LogP contribution is 2.19. The maximum atomic E-state index is 12.9. The van der Waals surface area contributed by atoms with E-state index in [0.717, 1.165) is 57.8 Å². The highest BCUT2D eigenvalue weighted by molar-refractivity contribution is 5.71. The number of rotatable bonds is 64. The van der Waals surface area contributed by atoms with Gasteiger partial charge >= 0.3 is 17.9 Å². The summed E-state index contributed by atoms with van der Waals surface area (Å²) in [5.74, 6) is -0.843. The van der Waals surface area contributed by atoms with Crippen LogP contribution in [0.1, 0.15) is 393 Å². The molecular weight excluding hydrogens is 925 g/mol. The van der Waals surface area contributed by atoms with Gasteiger partial charge in [-0.3, -0.25) is 14.4 Å². The molecule has 6 heteroatoms. The van der Waals surface area contributed by atoms with E-state index in [9.17, 15) is 14.4 Å². The predicted octanol–water partition coefficient (Wildman–Crippen LogP) is 23.2. The predicted molar refractivity (Wildman–Crippen MR) is 326 cm³/mol. The van der Waals surface area contributed by atoms with Crippen LogP contribution in [0.4, 0.5) is 0 Å². The van der Waals surface area contributed by atoms with Crippen LogP contribution in [0, 0.1) is 0 Å². The van der Waals surface area contributed by atoms with E-state index in [-0.39, 0.29) is 31.1 Å². The molecule has 0 aromatic heterocycles. The van der Waals surface area contributed by atoms with Gasteiger partial charge in [0.25, 0.3) is 0 Å². The highest BCUT2D eigenvalue weighted by Gasteiger charge is 2.19. The van der Waals surface area contributed by atoms with Crippen LogP contribution < -0.4 is 0 Å². The molecule has 0 saturated carbocycles. The number of hydrogen-bond acceptors (Lipinski definition) is 6. The van der Waals surface area contributed by atoms with Gasteiger partial charge in [0.15, 0.2) is 6.10 Å². The van der Waals surface area contributed by atoms with Gasteiger partial charge < -0.3 is 14.2 Å². The van der Waals surface area contributed by atoms with Crippen molar-refractivity contribution in [2.24, 2.45) is 0 Å². The molecule has 0 N–H and O–H groups in total. The lowest BCUT2D eigenvalue weighted by atomic mass is 10.0. The first-order chi connectivity index (χ1) is 37.0. The zero-order valence-corrected chi connectivity index (χ0v) is 51.1. The summed E-state index contributed by atoms with van der Waals surface area (Å²) >= 11 is 0. The number of hydrogen-bond donors (Lipinski definition) is 0. The molecule has 0 aromatic carbocycles. The summed E-state index contributed by atoms with van der Waals surface area (Å²) in [4.78, 5) is 38.2. The Morgan fingerprint density at radius 2 is 0.440 bits per heavy atom. The molecule has 0 rings (SSSR count). The van der Waals surface area contributed by atoms with Crippen molar-refractivity contribution in [1.29, 1.82) is 0 Å². The van der Waals surface area contributed by atoms with Crippen molar-refractivity contribution in [3.05, 3.63) is 12.2 Å². The molecule has 0 aliphatic rings. The van der Waals surface area contributed by atoms with Gasteiger partial charge in [0.1, 0.15) is 13.2 Å². The molecule has 0 bridgehead atoms. The summed E-state index contributed by atoms with van der Waals surface area (Å²) in [6.45, 7) is 6.69. The van der Waals surface area contributed by atoms with Crippen molar-refractivity contribution < 1.29 is 28.6 Å². The normalized spacial score (nSPS) is 12.0. The van der Waals surface area contributed by atoms with E-state index in [4.69, 9.17) is 14.2 Å². The molecule has 0 aliphatic heterocycles. The van der Waals surface area contributed by atoms with E-state index in [2.05, 4.69) is 32.9 Å². The largest absolute Gasteiger partial charge is 0.462 e. The van der Waals surface area contributed by atoms with Crippen LogP contribution in [-0.4, -0.2) is 37.2 Å². The Bertz CT molecular complexity index is 1170. The lowest BCUT2D eigenvalue weighted by Gasteiger charge is -2.18. The van der Waals surface area contributed by atoms with Gasteiger partial charge in [0.05, 0.1) is 0 Å². The zero-order chi connectivity index (χ0) is 54.3. The molecule has 0 spiro atoms. The second-order valence-corrected chi connectivity index (χ2v) is 23.5. The van der Waals surface area contributed by atoms with E-state index >= 15 is 0 Å². The van der Waals surface area contributed by atoms with Crippen molar-refractivity contribution in [3.63, 3.8) is 0 Å². The molecule has 0 saturated heterocycles. The molecule has 0 fully saturated rings. The molecule has 1 unspecified atom stereocenters. The average molecular weight is 1060 g/mol. The van der Waals surface area contributed by atoms with E-state index in [1.165, 1.54) is 295 Å². The van der Waals surface area contributed by atoms with Crippen LogP contribution in [0.25, 0.3) is 0 Å². The third-order valence-electron chi connectivity index (χ3n) is 15.8. The first kappa shape index (κ1) is 73.2. The second kappa shape index (κ2) is 64.7. The van der Waals surface area contributed by atoms with Gasteiger partial charge in [-0.25, -0.2) is 0 Å². The fourth-order valence-electron chi connectivity index (χ4n) is 10.6. The van der Waals surface area contributed by atoms with Crippen molar-refractivity contribution in [1.82, 2.24) is 0 Å². The standard InChI is InChI=1S/C69H132O6/c1-4-7-10-13-16-19-22-24-26-28-29-30-31-32-33-34-35-36-37-38-39-40-42-43-45-47-50-53-56-59-62-68(71)74-65-66(64-73-67(70)61-58-55-52-49-21-18-15-12-9-6-3)75-69(72)63-60-57-54-51-48-46-44-41-27-25-23-20-17-14-11-8-5-2/h25,27,66H,4-24,26,28-65H2,1-3H3/b27-25-. The van der Waals surface area contributed by atoms with Gasteiger partial charge in [-0.05, 0) is 44.9 Å². The van der Waals surface area contributed by atoms with Crippen LogP contribution in [-0.2, 0) is 28.6 Å². The third-order valence-corrected chi connectivity index (χ3v) is 15.8. The molecule has 0 aromatic rings. The summed E-state index contributed by atoms with van der Waals surface area (Å²) in [5.41, 5.74) is 0. The van der Waals surface area contributed by atoms with Gasteiger partial charge in [-0.15, -0.1) is 0 Å². The minimum absolute atomic E-state index is 0.0655. The van der Waals surface area contributed by atoms with Gasteiger partial charge in [-0.2, -0.15) is 0 Å². The van der Waals surface area contributed by atoms with E-state index in [0.29, 0.717) is 19.3 Å². The molecular formula is C69H132O6. The maximum Gasteiger partial charge on any atom is 0.306 e. The van der Waals surface area contributed by atoms with E-state index in [1.807, 2.05) is 0 Å². The fraction of sp³-hybridized carbons (Fsp3) is 0.928. The van der Waals surface area contributed by atoms with Gasteiger partial charge in [0, 0.05) is 19.3 Å². The van der Waals surface area contributed by atoms with Crippen LogP contribution in [0.2, 0.25) is 0 Å². The number of ether oxygens (including phenoxy) is 3. The van der Waals surface area contributed by atoms with Crippen LogP contribution >= 0.6 is 0 Å². The Morgan fingerprint density at radius 1 is 0.253 bits per heavy atom. The van der Waals surface area contributed by atoms with Crippen LogP contribution in [0.15, 0.2) is 12.2 Å².